The summed E-state index contributed by atoms with van der Waals surface area (Å²) in [7, 11) is 0. The minimum absolute atomic E-state index is 0.150. The standard InChI is InChI=1S/C24H24ClN7OS/c1-4-14-9-16-20(27-10-14)30-23(26)31-21(16)28-13(3)19-18(15-7-5-6-8-17(15)25)22(33)32-12(2)11-34-24(32)29-19/h5-8,10-11,13H,4,9H2,1-3H3,(H4,26,27,28,30,31). The number of benzene rings is 1. The van der Waals surface area contributed by atoms with Crippen LogP contribution in [-0.2, 0) is 6.42 Å². The maximum absolute atomic E-state index is 13.7. The van der Waals surface area contributed by atoms with Crippen molar-refractivity contribution in [3.63, 3.8) is 0 Å². The van der Waals surface area contributed by atoms with Crippen LogP contribution in [0.3, 0.4) is 0 Å². The Bertz CT molecular complexity index is 1510. The van der Waals surface area contributed by atoms with Gasteiger partial charge >= 0.3 is 0 Å². The number of aromatic nitrogens is 4. The van der Waals surface area contributed by atoms with Crippen LogP contribution in [0.5, 0.6) is 0 Å². The van der Waals surface area contributed by atoms with Crippen LogP contribution in [0.2, 0.25) is 5.02 Å². The van der Waals surface area contributed by atoms with Crippen molar-refractivity contribution in [2.45, 2.75) is 39.7 Å². The second-order valence-electron chi connectivity index (χ2n) is 8.25. The Morgan fingerprint density at radius 3 is 2.85 bits per heavy atom. The quantitative estimate of drug-likeness (QED) is 0.350. The number of nitrogens with zero attached hydrogens (tertiary/aromatic N) is 4. The van der Waals surface area contributed by atoms with Gasteiger partial charge < -0.3 is 16.4 Å². The van der Waals surface area contributed by atoms with E-state index < -0.39 is 0 Å². The average molecular weight is 494 g/mol. The molecule has 1 aromatic carbocycles. The Labute approximate surface area is 205 Å². The highest BCUT2D eigenvalue weighted by molar-refractivity contribution is 7.15. The zero-order valence-electron chi connectivity index (χ0n) is 19.0. The normalized spacial score (nSPS) is 13.8. The number of hydrogen-bond acceptors (Lipinski definition) is 8. The monoisotopic (exact) mass is 493 g/mol. The van der Waals surface area contributed by atoms with Gasteiger partial charge in [-0.3, -0.25) is 9.20 Å². The van der Waals surface area contributed by atoms with Crippen LogP contribution in [0, 0.1) is 6.92 Å². The maximum atomic E-state index is 13.7. The number of nitrogen functional groups attached to an aromatic ring is 1. The molecule has 34 heavy (non-hydrogen) atoms. The predicted octanol–water partition coefficient (Wildman–Crippen LogP) is 5.19. The molecule has 5 rings (SSSR count). The number of anilines is 3. The molecule has 1 unspecified atom stereocenters. The van der Waals surface area contributed by atoms with E-state index in [9.17, 15) is 4.79 Å². The topological polar surface area (TPSA) is 110 Å². The number of fused-ring (bicyclic) bond motifs is 2. The first-order valence-corrected chi connectivity index (χ1v) is 12.3. The van der Waals surface area contributed by atoms with Crippen molar-refractivity contribution in [3.8, 4) is 11.1 Å². The SMILES string of the molecule is CCC1=CNc2nc(N)nc(NC(C)c3nc4scc(C)n4c(=O)c3-c3ccccc3Cl)c2C1. The third kappa shape index (κ3) is 3.80. The highest BCUT2D eigenvalue weighted by Crippen LogP contribution is 2.35. The molecular formula is C24H24ClN7OS. The lowest BCUT2D eigenvalue weighted by Gasteiger charge is -2.23. The summed E-state index contributed by atoms with van der Waals surface area (Å²) in [5, 5.41) is 9.09. The van der Waals surface area contributed by atoms with Gasteiger partial charge in [-0.05, 0) is 31.9 Å². The van der Waals surface area contributed by atoms with E-state index >= 15 is 0 Å². The second-order valence-corrected chi connectivity index (χ2v) is 9.50. The lowest BCUT2D eigenvalue weighted by molar-refractivity contribution is 0.818. The lowest BCUT2D eigenvalue weighted by Crippen LogP contribution is -2.24. The molecule has 0 aliphatic carbocycles. The van der Waals surface area contributed by atoms with Gasteiger partial charge in [-0.15, -0.1) is 11.3 Å². The minimum atomic E-state index is -0.360. The molecule has 0 spiro atoms. The van der Waals surface area contributed by atoms with Gasteiger partial charge in [-0.1, -0.05) is 36.7 Å². The summed E-state index contributed by atoms with van der Waals surface area (Å²) >= 11 is 7.97. The second kappa shape index (κ2) is 8.73. The molecule has 0 radical (unpaired) electrons. The van der Waals surface area contributed by atoms with Gasteiger partial charge in [0, 0.05) is 39.8 Å². The van der Waals surface area contributed by atoms with E-state index in [2.05, 4.69) is 27.5 Å². The summed E-state index contributed by atoms with van der Waals surface area (Å²) < 4.78 is 1.63. The van der Waals surface area contributed by atoms with Crippen molar-refractivity contribution >= 4 is 45.5 Å². The molecule has 1 aliphatic heterocycles. The van der Waals surface area contributed by atoms with Gasteiger partial charge in [-0.2, -0.15) is 9.97 Å². The summed E-state index contributed by atoms with van der Waals surface area (Å²) in [5.74, 6) is 1.47. The third-order valence-electron chi connectivity index (χ3n) is 5.97. The molecule has 8 nitrogen and oxygen atoms in total. The van der Waals surface area contributed by atoms with E-state index in [0.717, 1.165) is 17.7 Å². The van der Waals surface area contributed by atoms with Crippen molar-refractivity contribution in [3.05, 3.63) is 73.7 Å². The first-order valence-electron chi connectivity index (χ1n) is 11.0. The Morgan fingerprint density at radius 1 is 1.29 bits per heavy atom. The van der Waals surface area contributed by atoms with Crippen LogP contribution < -0.4 is 21.9 Å². The Kier molecular flexibility index (Phi) is 5.75. The molecule has 0 saturated heterocycles. The van der Waals surface area contributed by atoms with Crippen LogP contribution in [0.1, 0.15) is 43.3 Å². The molecule has 4 heterocycles. The molecule has 4 aromatic rings. The number of hydrogen-bond donors (Lipinski definition) is 3. The summed E-state index contributed by atoms with van der Waals surface area (Å²) in [4.78, 5) is 28.0. The predicted molar refractivity (Wildman–Crippen MR) is 139 cm³/mol. The number of thiazole rings is 1. The molecular weight excluding hydrogens is 470 g/mol. The Morgan fingerprint density at radius 2 is 2.09 bits per heavy atom. The van der Waals surface area contributed by atoms with Crippen molar-refractivity contribution in [2.24, 2.45) is 0 Å². The minimum Gasteiger partial charge on any atom is -0.368 e. The fourth-order valence-corrected chi connectivity index (χ4v) is 5.28. The zero-order chi connectivity index (χ0) is 24.0. The van der Waals surface area contributed by atoms with Crippen LogP contribution >= 0.6 is 22.9 Å². The molecule has 3 aromatic heterocycles. The average Bonchev–Trinajstić information content (AvgIpc) is 3.20. The summed E-state index contributed by atoms with van der Waals surface area (Å²) in [6.07, 6.45) is 3.59. The van der Waals surface area contributed by atoms with Crippen LogP contribution in [-0.4, -0.2) is 19.4 Å². The highest BCUT2D eigenvalue weighted by Gasteiger charge is 2.25. The Balaban J connectivity index is 1.65. The number of rotatable bonds is 5. The van der Waals surface area contributed by atoms with Crippen molar-refractivity contribution in [1.29, 1.82) is 0 Å². The third-order valence-corrected chi connectivity index (χ3v) is 7.24. The van der Waals surface area contributed by atoms with Gasteiger partial charge in [0.1, 0.15) is 11.6 Å². The van der Waals surface area contributed by atoms with E-state index in [1.54, 1.807) is 10.5 Å². The van der Waals surface area contributed by atoms with Crippen LogP contribution in [0.15, 0.2) is 46.2 Å². The fourth-order valence-electron chi connectivity index (χ4n) is 4.18. The van der Waals surface area contributed by atoms with E-state index in [1.807, 2.05) is 43.6 Å². The van der Waals surface area contributed by atoms with Crippen molar-refractivity contribution in [1.82, 2.24) is 19.4 Å². The molecule has 0 fully saturated rings. The number of nitrogens with two attached hydrogens (primary N) is 1. The molecule has 10 heteroatoms. The summed E-state index contributed by atoms with van der Waals surface area (Å²) in [6, 6.07) is 6.97. The zero-order valence-corrected chi connectivity index (χ0v) is 20.6. The molecule has 0 saturated carbocycles. The van der Waals surface area contributed by atoms with E-state index in [1.165, 1.54) is 16.9 Å². The number of nitrogens with one attached hydrogen (secondary N) is 2. The highest BCUT2D eigenvalue weighted by atomic mass is 35.5. The van der Waals surface area contributed by atoms with Crippen LogP contribution in [0.4, 0.5) is 17.6 Å². The van der Waals surface area contributed by atoms with E-state index in [4.69, 9.17) is 22.3 Å². The van der Waals surface area contributed by atoms with Crippen molar-refractivity contribution < 1.29 is 0 Å². The van der Waals surface area contributed by atoms with E-state index in [-0.39, 0.29) is 17.5 Å². The van der Waals surface area contributed by atoms with Gasteiger partial charge in [0.25, 0.3) is 5.56 Å². The van der Waals surface area contributed by atoms with Crippen LogP contribution in [0.25, 0.3) is 16.1 Å². The Hall–Kier alpha value is -3.43. The number of allylic oxidation sites excluding steroid dienone is 1. The first kappa shape index (κ1) is 22.4. The molecule has 174 valence electrons. The van der Waals surface area contributed by atoms with Crippen molar-refractivity contribution in [2.75, 3.05) is 16.4 Å². The summed E-state index contributed by atoms with van der Waals surface area (Å²) in [6.45, 7) is 5.96. The number of halogens is 1. The van der Waals surface area contributed by atoms with Gasteiger partial charge in [0.2, 0.25) is 5.95 Å². The maximum Gasteiger partial charge on any atom is 0.267 e. The molecule has 0 amide bonds. The van der Waals surface area contributed by atoms with Gasteiger partial charge in [0.05, 0.1) is 17.3 Å². The van der Waals surface area contributed by atoms with Gasteiger partial charge in [0.15, 0.2) is 4.96 Å². The largest absolute Gasteiger partial charge is 0.368 e. The van der Waals surface area contributed by atoms with Gasteiger partial charge in [-0.25, -0.2) is 4.98 Å². The molecule has 1 atom stereocenters. The fraction of sp³-hybridized carbons (Fsp3) is 0.250. The lowest BCUT2D eigenvalue weighted by atomic mass is 10.00. The van der Waals surface area contributed by atoms with E-state index in [0.29, 0.717) is 44.9 Å². The smallest absolute Gasteiger partial charge is 0.267 e. The molecule has 1 aliphatic rings. The summed E-state index contributed by atoms with van der Waals surface area (Å²) in [5.41, 5.74) is 10.6. The number of aryl methyl sites for hydroxylation is 1. The molecule has 4 N–H and O–H groups in total. The molecule has 0 bridgehead atoms. The first-order chi connectivity index (χ1) is 16.4.